The summed E-state index contributed by atoms with van der Waals surface area (Å²) in [6.45, 7) is 5.07. The first-order chi connectivity index (χ1) is 7.75. The molecule has 0 atom stereocenters. The number of hydrogen-bond acceptors (Lipinski definition) is 0. The highest BCUT2D eigenvalue weighted by molar-refractivity contribution is 6.70. The van der Waals surface area contributed by atoms with Gasteiger partial charge in [0.25, 0.3) is 0 Å². The quantitative estimate of drug-likeness (QED) is 0.679. The molecule has 0 aliphatic heterocycles. The van der Waals surface area contributed by atoms with E-state index in [0.717, 1.165) is 6.42 Å². The van der Waals surface area contributed by atoms with Crippen LogP contribution in [0.4, 0.5) is 0 Å². The summed E-state index contributed by atoms with van der Waals surface area (Å²) in [6, 6.07) is 19.6. The molecule has 2 aromatic carbocycles. The van der Waals surface area contributed by atoms with E-state index in [2.05, 4.69) is 68.2 Å². The number of hydrogen-bond donors (Lipinski definition) is 0. The Morgan fingerprint density at radius 2 is 1.31 bits per heavy atom. The topological polar surface area (TPSA) is 0 Å². The molecule has 1 heteroatoms. The van der Waals surface area contributed by atoms with E-state index in [1.807, 2.05) is 0 Å². The van der Waals surface area contributed by atoms with Crippen LogP contribution in [0, 0.1) is 0 Å². The zero-order valence-electron chi connectivity index (χ0n) is 9.98. The van der Waals surface area contributed by atoms with E-state index in [9.17, 15) is 0 Å². The van der Waals surface area contributed by atoms with Crippen molar-refractivity contribution in [2.45, 2.75) is 20.1 Å². The molecule has 0 radical (unpaired) electrons. The lowest BCUT2D eigenvalue weighted by atomic mass is 9.49. The Balaban J connectivity index is 2.11. The van der Waals surface area contributed by atoms with Crippen LogP contribution in [-0.2, 0) is 6.42 Å². The fraction of sp³-hybridized carbons (Fsp3) is 0.200. The average molecular weight is 208 g/mol. The van der Waals surface area contributed by atoms with E-state index in [1.54, 1.807) is 0 Å². The van der Waals surface area contributed by atoms with Gasteiger partial charge in [-0.15, -0.1) is 0 Å². The summed E-state index contributed by atoms with van der Waals surface area (Å²) < 4.78 is 0. The SMILES string of the molecule is CB(C)c1ccc(Cc2ccccc2)cc1. The van der Waals surface area contributed by atoms with Crippen LogP contribution in [0.15, 0.2) is 54.6 Å². The predicted octanol–water partition coefficient (Wildman–Crippen LogP) is 3.24. The van der Waals surface area contributed by atoms with Gasteiger partial charge in [-0.3, -0.25) is 0 Å². The molecule has 80 valence electrons. The van der Waals surface area contributed by atoms with Crippen molar-refractivity contribution >= 4 is 12.2 Å². The molecule has 2 rings (SSSR count). The summed E-state index contributed by atoms with van der Waals surface area (Å²) in [5, 5.41) is 0. The molecular weight excluding hydrogens is 191 g/mol. The lowest BCUT2D eigenvalue weighted by molar-refractivity contribution is 1.20. The average Bonchev–Trinajstić information content (AvgIpc) is 2.31. The monoisotopic (exact) mass is 208 g/mol. The summed E-state index contributed by atoms with van der Waals surface area (Å²) in [7, 11) is 0. The first-order valence-electron chi connectivity index (χ1n) is 5.88. The molecule has 2 aromatic rings. The molecular formula is C15H17B. The van der Waals surface area contributed by atoms with Gasteiger partial charge in [-0.25, -0.2) is 0 Å². The minimum absolute atomic E-state index is 0.616. The molecule has 0 bridgehead atoms. The highest BCUT2D eigenvalue weighted by Gasteiger charge is 2.02. The molecule has 0 N–H and O–H groups in total. The molecule has 0 heterocycles. The van der Waals surface area contributed by atoms with Gasteiger partial charge < -0.3 is 0 Å². The van der Waals surface area contributed by atoms with E-state index < -0.39 is 0 Å². The molecule has 0 amide bonds. The second kappa shape index (κ2) is 5.02. The summed E-state index contributed by atoms with van der Waals surface area (Å²) in [4.78, 5) is 0. The third-order valence-electron chi connectivity index (χ3n) is 2.90. The first kappa shape index (κ1) is 11.0. The highest BCUT2D eigenvalue weighted by Crippen LogP contribution is 2.08. The van der Waals surface area contributed by atoms with Crippen LogP contribution in [0.1, 0.15) is 11.1 Å². The Bertz CT molecular complexity index is 429. The van der Waals surface area contributed by atoms with Crippen LogP contribution in [-0.4, -0.2) is 6.71 Å². The lowest BCUT2D eigenvalue weighted by Gasteiger charge is -2.05. The van der Waals surface area contributed by atoms with E-state index in [1.165, 1.54) is 16.6 Å². The van der Waals surface area contributed by atoms with Crippen molar-refractivity contribution in [1.82, 2.24) is 0 Å². The lowest BCUT2D eigenvalue weighted by Crippen LogP contribution is -2.21. The van der Waals surface area contributed by atoms with Crippen molar-refractivity contribution in [2.75, 3.05) is 0 Å². The first-order valence-corrected chi connectivity index (χ1v) is 5.88. The standard InChI is InChI=1S/C15H17B/c1-16(2)15-10-8-14(9-11-15)12-13-6-4-3-5-7-13/h3-11H,12H2,1-2H3. The van der Waals surface area contributed by atoms with Crippen LogP contribution < -0.4 is 5.46 Å². The summed E-state index contributed by atoms with van der Waals surface area (Å²) in [5.41, 5.74) is 4.17. The van der Waals surface area contributed by atoms with E-state index in [4.69, 9.17) is 0 Å². The van der Waals surface area contributed by atoms with Crippen LogP contribution >= 0.6 is 0 Å². The third-order valence-corrected chi connectivity index (χ3v) is 2.90. The van der Waals surface area contributed by atoms with Gasteiger partial charge in [0.1, 0.15) is 0 Å². The second-order valence-electron chi connectivity index (χ2n) is 4.56. The van der Waals surface area contributed by atoms with Crippen molar-refractivity contribution in [3.63, 3.8) is 0 Å². The minimum atomic E-state index is 0.616. The number of rotatable bonds is 3. The Kier molecular flexibility index (Phi) is 3.45. The Hall–Kier alpha value is -1.50. The van der Waals surface area contributed by atoms with Crippen molar-refractivity contribution in [1.29, 1.82) is 0 Å². The molecule has 0 saturated carbocycles. The van der Waals surface area contributed by atoms with Crippen LogP contribution in [0.25, 0.3) is 0 Å². The Morgan fingerprint density at radius 3 is 1.88 bits per heavy atom. The predicted molar refractivity (Wildman–Crippen MR) is 72.8 cm³/mol. The van der Waals surface area contributed by atoms with Crippen molar-refractivity contribution < 1.29 is 0 Å². The molecule has 0 nitrogen and oxygen atoms in total. The molecule has 0 saturated heterocycles. The fourth-order valence-electron chi connectivity index (χ4n) is 1.85. The van der Waals surface area contributed by atoms with Gasteiger partial charge in [-0.05, 0) is 17.5 Å². The maximum atomic E-state index is 2.24. The van der Waals surface area contributed by atoms with Gasteiger partial charge in [0.15, 0.2) is 6.71 Å². The van der Waals surface area contributed by atoms with Crippen molar-refractivity contribution in [2.24, 2.45) is 0 Å². The van der Waals surface area contributed by atoms with Crippen LogP contribution in [0.2, 0.25) is 13.6 Å². The fourth-order valence-corrected chi connectivity index (χ4v) is 1.85. The molecule has 0 unspecified atom stereocenters. The zero-order chi connectivity index (χ0) is 11.4. The molecule has 0 aliphatic rings. The maximum Gasteiger partial charge on any atom is 0.169 e. The van der Waals surface area contributed by atoms with Gasteiger partial charge in [0, 0.05) is 0 Å². The van der Waals surface area contributed by atoms with Crippen molar-refractivity contribution in [3.8, 4) is 0 Å². The van der Waals surface area contributed by atoms with Gasteiger partial charge in [0.05, 0.1) is 0 Å². The largest absolute Gasteiger partial charge is 0.169 e. The molecule has 16 heavy (non-hydrogen) atoms. The minimum Gasteiger partial charge on any atom is -0.0819 e. The van der Waals surface area contributed by atoms with E-state index in [0.29, 0.717) is 6.71 Å². The van der Waals surface area contributed by atoms with E-state index in [-0.39, 0.29) is 0 Å². The van der Waals surface area contributed by atoms with E-state index >= 15 is 0 Å². The Morgan fingerprint density at radius 1 is 0.750 bits per heavy atom. The summed E-state index contributed by atoms with van der Waals surface area (Å²) >= 11 is 0. The van der Waals surface area contributed by atoms with Crippen molar-refractivity contribution in [3.05, 3.63) is 65.7 Å². The van der Waals surface area contributed by atoms with Crippen LogP contribution in [0.5, 0.6) is 0 Å². The highest BCUT2D eigenvalue weighted by atomic mass is 14.0. The van der Waals surface area contributed by atoms with Gasteiger partial charge in [-0.1, -0.05) is 73.7 Å². The Labute approximate surface area is 98.4 Å². The second-order valence-corrected chi connectivity index (χ2v) is 4.56. The normalized spacial score (nSPS) is 10.1. The molecule has 0 fully saturated rings. The summed E-state index contributed by atoms with van der Waals surface area (Å²) in [6.07, 6.45) is 1.03. The van der Waals surface area contributed by atoms with Gasteiger partial charge in [0.2, 0.25) is 0 Å². The molecule has 0 aliphatic carbocycles. The van der Waals surface area contributed by atoms with Crippen LogP contribution in [0.3, 0.4) is 0 Å². The number of benzene rings is 2. The zero-order valence-corrected chi connectivity index (χ0v) is 9.98. The third kappa shape index (κ3) is 2.76. The maximum absolute atomic E-state index is 2.24. The summed E-state index contributed by atoms with van der Waals surface area (Å²) in [5.74, 6) is 0. The molecule has 0 spiro atoms. The van der Waals surface area contributed by atoms with Gasteiger partial charge in [-0.2, -0.15) is 0 Å². The van der Waals surface area contributed by atoms with Gasteiger partial charge >= 0.3 is 0 Å². The molecule has 0 aromatic heterocycles. The smallest absolute Gasteiger partial charge is 0.0819 e.